The van der Waals surface area contributed by atoms with E-state index >= 15 is 0 Å². The molecule has 0 spiro atoms. The fourth-order valence-electron chi connectivity index (χ4n) is 4.05. The van der Waals surface area contributed by atoms with E-state index in [4.69, 9.17) is 0 Å². The maximum absolute atomic E-state index is 13.1. The smallest absolute Gasteiger partial charge is 0.191 e. The van der Waals surface area contributed by atoms with Crippen LogP contribution in [0.5, 0.6) is 0 Å². The van der Waals surface area contributed by atoms with Crippen LogP contribution in [0.15, 0.2) is 58.3 Å². The number of benzene rings is 1. The molecule has 0 radical (unpaired) electrons. The first kappa shape index (κ1) is 20.8. The molecule has 0 unspecified atom stereocenters. The van der Waals surface area contributed by atoms with Gasteiger partial charge in [-0.3, -0.25) is 4.79 Å². The van der Waals surface area contributed by atoms with Crippen molar-refractivity contribution in [2.75, 3.05) is 29.6 Å². The van der Waals surface area contributed by atoms with Crippen molar-refractivity contribution in [1.82, 2.24) is 14.8 Å². The van der Waals surface area contributed by atoms with Gasteiger partial charge in [-0.1, -0.05) is 30.0 Å². The highest BCUT2D eigenvalue weighted by molar-refractivity contribution is 7.99. The lowest BCUT2D eigenvalue weighted by Gasteiger charge is -2.19. The number of para-hydroxylation sites is 2. The molecule has 3 aromatic rings. The number of thiophene rings is 1. The fourth-order valence-corrected chi connectivity index (χ4v) is 5.65. The predicted molar refractivity (Wildman–Crippen MR) is 127 cm³/mol. The number of ketones is 1. The Morgan fingerprint density at radius 3 is 2.47 bits per heavy atom. The molecule has 1 saturated carbocycles. The third-order valence-corrected chi connectivity index (χ3v) is 7.57. The molecule has 0 amide bonds. The van der Waals surface area contributed by atoms with Crippen molar-refractivity contribution < 1.29 is 4.79 Å². The summed E-state index contributed by atoms with van der Waals surface area (Å²) in [4.78, 5) is 18.2. The number of anilines is 2. The molecule has 2 aromatic heterocycles. The average Bonchev–Trinajstić information content (AvgIpc) is 3.26. The van der Waals surface area contributed by atoms with E-state index in [-0.39, 0.29) is 17.1 Å². The Bertz CT molecular complexity index is 1200. The topological polar surface area (TPSA) is 78.0 Å². The van der Waals surface area contributed by atoms with Crippen LogP contribution >= 0.6 is 23.1 Å². The van der Waals surface area contributed by atoms with E-state index in [0.717, 1.165) is 41.6 Å². The highest BCUT2D eigenvalue weighted by Gasteiger charge is 2.33. The van der Waals surface area contributed by atoms with Crippen molar-refractivity contribution >= 4 is 40.3 Å². The van der Waals surface area contributed by atoms with Gasteiger partial charge in [0.1, 0.15) is 23.3 Å². The lowest BCUT2D eigenvalue weighted by atomic mass is 10.2. The summed E-state index contributed by atoms with van der Waals surface area (Å²) < 4.78 is 2.18. The van der Waals surface area contributed by atoms with E-state index in [1.165, 1.54) is 16.6 Å². The molecule has 32 heavy (non-hydrogen) atoms. The molecule has 5 rings (SSSR count). The second-order valence-electron chi connectivity index (χ2n) is 7.89. The number of aromatic nitrogens is 3. The minimum Gasteiger partial charge on any atom is -0.328 e. The number of carbonyl (C=O) groups is 1. The monoisotopic (exact) mass is 462 g/mol. The van der Waals surface area contributed by atoms with Gasteiger partial charge in [-0.25, -0.2) is 0 Å². The second kappa shape index (κ2) is 8.45. The summed E-state index contributed by atoms with van der Waals surface area (Å²) in [7, 11) is 3.77. The van der Waals surface area contributed by atoms with Gasteiger partial charge in [-0.2, -0.15) is 5.26 Å². The Balaban J connectivity index is 1.36. The third kappa shape index (κ3) is 3.70. The van der Waals surface area contributed by atoms with E-state index < -0.39 is 0 Å². The van der Waals surface area contributed by atoms with Crippen LogP contribution in [0.3, 0.4) is 0 Å². The Kier molecular flexibility index (Phi) is 5.49. The molecule has 1 aromatic carbocycles. The highest BCUT2D eigenvalue weighted by atomic mass is 32.2. The molecule has 0 saturated heterocycles. The summed E-state index contributed by atoms with van der Waals surface area (Å²) in [6.45, 7) is 0. The van der Waals surface area contributed by atoms with Gasteiger partial charge in [0, 0.05) is 31.4 Å². The summed E-state index contributed by atoms with van der Waals surface area (Å²) in [6, 6.07) is 14.6. The Labute approximate surface area is 195 Å². The summed E-state index contributed by atoms with van der Waals surface area (Å²) in [6.07, 6.45) is 2.97. The van der Waals surface area contributed by atoms with Crippen LogP contribution in [0, 0.1) is 11.3 Å². The van der Waals surface area contributed by atoms with Crippen LogP contribution in [-0.4, -0.2) is 40.4 Å². The highest BCUT2D eigenvalue weighted by Crippen LogP contribution is 2.41. The minimum atomic E-state index is -0.204. The van der Waals surface area contributed by atoms with Crippen molar-refractivity contribution in [2.45, 2.75) is 30.5 Å². The summed E-state index contributed by atoms with van der Waals surface area (Å²) in [5, 5.41) is 21.5. The number of thioether (sulfide) groups is 1. The van der Waals surface area contributed by atoms with E-state index in [1.807, 2.05) is 54.2 Å². The zero-order valence-corrected chi connectivity index (χ0v) is 19.5. The Morgan fingerprint density at radius 1 is 1.16 bits per heavy atom. The first-order chi connectivity index (χ1) is 15.6. The maximum Gasteiger partial charge on any atom is 0.191 e. The lowest BCUT2D eigenvalue weighted by Crippen LogP contribution is -2.26. The van der Waals surface area contributed by atoms with Crippen LogP contribution in [0.4, 0.5) is 11.4 Å². The standard InChI is InChI=1S/C23H22N6OS2/c1-27-18-7-3-4-8-19(18)28(2)22(27)17(13-24)20(30)14-32-23-26-25-21(29(23)15-9-10-15)12-16-6-5-11-31-16/h3-8,11,15H,9-10,12,14H2,1-2H3. The van der Waals surface area contributed by atoms with Crippen molar-refractivity contribution in [1.29, 1.82) is 5.26 Å². The number of fused-ring (bicyclic) bond motifs is 1. The van der Waals surface area contributed by atoms with Crippen LogP contribution in [0.2, 0.25) is 0 Å². The van der Waals surface area contributed by atoms with Crippen LogP contribution in [0.25, 0.3) is 0 Å². The zero-order valence-electron chi connectivity index (χ0n) is 17.9. The summed E-state index contributed by atoms with van der Waals surface area (Å²) in [5.74, 6) is 1.49. The minimum absolute atomic E-state index is 0.147. The summed E-state index contributed by atoms with van der Waals surface area (Å²) in [5.41, 5.74) is 2.12. The molecule has 7 nitrogen and oxygen atoms in total. The predicted octanol–water partition coefficient (Wildman–Crippen LogP) is 4.25. The first-order valence-corrected chi connectivity index (χ1v) is 12.3. The number of Topliss-reactive ketones (excluding diaryl/α,β-unsaturated/α-hetero) is 1. The molecule has 0 atom stereocenters. The quantitative estimate of drug-likeness (QED) is 0.295. The molecule has 162 valence electrons. The molecule has 3 heterocycles. The molecule has 1 aliphatic carbocycles. The van der Waals surface area contributed by atoms with Gasteiger partial charge in [0.2, 0.25) is 0 Å². The van der Waals surface area contributed by atoms with Crippen molar-refractivity contribution in [3.8, 4) is 6.07 Å². The molecule has 0 bridgehead atoms. The van der Waals surface area contributed by atoms with Crippen molar-refractivity contribution in [3.63, 3.8) is 0 Å². The number of hydrogen-bond acceptors (Lipinski definition) is 8. The van der Waals surface area contributed by atoms with Gasteiger partial charge >= 0.3 is 0 Å². The lowest BCUT2D eigenvalue weighted by molar-refractivity contribution is -0.112. The van der Waals surface area contributed by atoms with Crippen LogP contribution in [-0.2, 0) is 11.2 Å². The van der Waals surface area contributed by atoms with Gasteiger partial charge in [-0.15, -0.1) is 21.5 Å². The van der Waals surface area contributed by atoms with E-state index in [1.54, 1.807) is 11.3 Å². The molecule has 1 aliphatic heterocycles. The largest absolute Gasteiger partial charge is 0.328 e. The number of rotatable bonds is 7. The fraction of sp³-hybridized carbons (Fsp3) is 0.304. The molecular formula is C23H22N6OS2. The molecule has 9 heteroatoms. The van der Waals surface area contributed by atoms with Gasteiger partial charge in [0.25, 0.3) is 0 Å². The van der Waals surface area contributed by atoms with Crippen molar-refractivity contribution in [3.05, 3.63) is 63.9 Å². The van der Waals surface area contributed by atoms with E-state index in [2.05, 4.69) is 32.3 Å². The number of nitrogens with zero attached hydrogens (tertiary/aromatic N) is 6. The second-order valence-corrected chi connectivity index (χ2v) is 9.86. The third-order valence-electron chi connectivity index (χ3n) is 5.75. The Hall–Kier alpha value is -3.09. The molecular weight excluding hydrogens is 440 g/mol. The molecule has 2 aliphatic rings. The first-order valence-electron chi connectivity index (χ1n) is 10.4. The van der Waals surface area contributed by atoms with Gasteiger partial charge in [0.15, 0.2) is 10.9 Å². The number of nitriles is 1. The molecule has 0 N–H and O–H groups in total. The van der Waals surface area contributed by atoms with Gasteiger partial charge < -0.3 is 14.4 Å². The number of allylic oxidation sites excluding steroid dienone is 1. The van der Waals surface area contributed by atoms with Gasteiger partial charge in [0.05, 0.1) is 17.1 Å². The zero-order chi connectivity index (χ0) is 22.2. The average molecular weight is 463 g/mol. The maximum atomic E-state index is 13.1. The SMILES string of the molecule is CN1C(=C(C#N)C(=O)CSc2nnc(Cc3cccs3)n2C2CC2)N(C)c2ccccc21. The van der Waals surface area contributed by atoms with E-state index in [9.17, 15) is 10.1 Å². The van der Waals surface area contributed by atoms with Gasteiger partial charge in [-0.05, 0) is 36.4 Å². The summed E-state index contributed by atoms with van der Waals surface area (Å²) >= 11 is 3.08. The molecule has 1 fully saturated rings. The Morgan fingerprint density at radius 2 is 1.88 bits per heavy atom. The van der Waals surface area contributed by atoms with Crippen molar-refractivity contribution in [2.24, 2.45) is 0 Å². The number of carbonyl (C=O) groups excluding carboxylic acids is 1. The van der Waals surface area contributed by atoms with E-state index in [0.29, 0.717) is 11.9 Å². The normalized spacial score (nSPS) is 15.1. The number of hydrogen-bond donors (Lipinski definition) is 0. The van der Waals surface area contributed by atoms with Crippen LogP contribution < -0.4 is 9.80 Å². The van der Waals surface area contributed by atoms with Crippen LogP contribution in [0.1, 0.15) is 29.6 Å².